The third-order valence-electron chi connectivity index (χ3n) is 16.9. The molecule has 3 N–H and O–H groups in total. The summed E-state index contributed by atoms with van der Waals surface area (Å²) in [6, 6.07) is 0. The zero-order valence-corrected chi connectivity index (χ0v) is 59.1. The van der Waals surface area contributed by atoms with Crippen molar-refractivity contribution < 1.29 is 80.2 Å². The number of esters is 4. The maximum atomic E-state index is 13.0. The largest absolute Gasteiger partial charge is 0.472 e. The third-order valence-corrected chi connectivity index (χ3v) is 18.8. The van der Waals surface area contributed by atoms with Crippen molar-refractivity contribution in [2.24, 2.45) is 23.7 Å². The van der Waals surface area contributed by atoms with Gasteiger partial charge in [0.25, 0.3) is 0 Å². The second-order valence-corrected chi connectivity index (χ2v) is 29.0. The van der Waals surface area contributed by atoms with Gasteiger partial charge in [0, 0.05) is 25.7 Å². The topological polar surface area (TPSA) is 237 Å². The van der Waals surface area contributed by atoms with E-state index in [1.165, 1.54) is 135 Å². The average molecular weight is 1300 g/mol. The number of phosphoric acid groups is 2. The van der Waals surface area contributed by atoms with Crippen LogP contribution in [0.2, 0.25) is 0 Å². The van der Waals surface area contributed by atoms with Crippen LogP contribution in [-0.4, -0.2) is 96.7 Å². The lowest BCUT2D eigenvalue weighted by Gasteiger charge is -2.21. The second-order valence-electron chi connectivity index (χ2n) is 26.1. The molecule has 88 heavy (non-hydrogen) atoms. The first-order chi connectivity index (χ1) is 42.2. The maximum absolute atomic E-state index is 13.0. The molecule has 19 heteroatoms. The Kier molecular flexibility index (Phi) is 57.6. The summed E-state index contributed by atoms with van der Waals surface area (Å²) in [5.74, 6) is 0.914. The van der Waals surface area contributed by atoms with Crippen molar-refractivity contribution >= 4 is 39.5 Å². The van der Waals surface area contributed by atoms with E-state index in [-0.39, 0.29) is 25.7 Å². The summed E-state index contributed by atoms with van der Waals surface area (Å²) in [7, 11) is -9.90. The molecule has 0 aliphatic rings. The Balaban J connectivity index is 5.28. The number of hydrogen-bond acceptors (Lipinski definition) is 15. The lowest BCUT2D eigenvalue weighted by atomic mass is 9.99. The van der Waals surface area contributed by atoms with Crippen LogP contribution in [-0.2, 0) is 65.4 Å². The molecule has 0 fully saturated rings. The number of aliphatic hydroxyl groups excluding tert-OH is 1. The Bertz CT molecular complexity index is 1750. The van der Waals surface area contributed by atoms with E-state index in [9.17, 15) is 43.2 Å². The molecule has 8 atom stereocenters. The molecule has 5 unspecified atom stereocenters. The Morgan fingerprint density at radius 3 is 0.807 bits per heavy atom. The van der Waals surface area contributed by atoms with E-state index in [0.717, 1.165) is 120 Å². The van der Waals surface area contributed by atoms with Crippen LogP contribution in [0.1, 0.15) is 338 Å². The highest BCUT2D eigenvalue weighted by Gasteiger charge is 2.30. The summed E-state index contributed by atoms with van der Waals surface area (Å²) in [6.45, 7) is 14.1. The summed E-state index contributed by atoms with van der Waals surface area (Å²) in [4.78, 5) is 72.5. The fourth-order valence-corrected chi connectivity index (χ4v) is 11.8. The highest BCUT2D eigenvalue weighted by Crippen LogP contribution is 2.45. The van der Waals surface area contributed by atoms with Crippen molar-refractivity contribution in [1.82, 2.24) is 0 Å². The van der Waals surface area contributed by atoms with Crippen molar-refractivity contribution in [3.05, 3.63) is 0 Å². The second kappa shape index (κ2) is 58.8. The van der Waals surface area contributed by atoms with Crippen LogP contribution >= 0.6 is 15.6 Å². The molecule has 0 aromatic heterocycles. The first kappa shape index (κ1) is 86.1. The summed E-state index contributed by atoms with van der Waals surface area (Å²) in [5.41, 5.74) is 0. The molecule has 0 aliphatic carbocycles. The van der Waals surface area contributed by atoms with Crippen molar-refractivity contribution in [1.29, 1.82) is 0 Å². The molecule has 0 aliphatic heterocycles. The predicted molar refractivity (Wildman–Crippen MR) is 354 cm³/mol. The van der Waals surface area contributed by atoms with Crippen molar-refractivity contribution in [3.63, 3.8) is 0 Å². The predicted octanol–water partition coefficient (Wildman–Crippen LogP) is 19.3. The number of unbranched alkanes of at least 4 members (excludes halogenated alkanes) is 29. The number of aliphatic hydroxyl groups is 1. The van der Waals surface area contributed by atoms with Gasteiger partial charge in [-0.3, -0.25) is 37.3 Å². The molecule has 0 rings (SSSR count). The van der Waals surface area contributed by atoms with Crippen LogP contribution < -0.4 is 0 Å². The average Bonchev–Trinajstić information content (AvgIpc) is 3.71. The molecule has 0 amide bonds. The minimum atomic E-state index is -4.95. The van der Waals surface area contributed by atoms with E-state index < -0.39 is 97.5 Å². The van der Waals surface area contributed by atoms with Crippen LogP contribution in [0, 0.1) is 23.7 Å². The summed E-state index contributed by atoms with van der Waals surface area (Å²) in [6.07, 6.45) is 40.2. The lowest BCUT2D eigenvalue weighted by molar-refractivity contribution is -0.161. The maximum Gasteiger partial charge on any atom is 0.472 e. The minimum Gasteiger partial charge on any atom is -0.462 e. The highest BCUT2D eigenvalue weighted by molar-refractivity contribution is 7.47. The Morgan fingerprint density at radius 1 is 0.318 bits per heavy atom. The van der Waals surface area contributed by atoms with Gasteiger partial charge < -0.3 is 33.8 Å². The summed E-state index contributed by atoms with van der Waals surface area (Å²) >= 11 is 0. The minimum absolute atomic E-state index is 0.103. The first-order valence-corrected chi connectivity index (χ1v) is 38.8. The lowest BCUT2D eigenvalue weighted by Crippen LogP contribution is -2.30. The number of hydrogen-bond donors (Lipinski definition) is 3. The standard InChI is InChI=1S/C69H134O17P2/c1-9-60(6)46-38-30-22-16-12-13-17-25-35-43-51-68(73)85-64(55-79-66(71)49-41-33-24-18-14-15-21-29-37-45-59(4)5)57-83-87(75,76)81-53-63(70)54-82-88(77,78)84-58-65(56-80-67(72)50-42-34-28-27-32-40-48-62(8)11-3)86-69(74)52-44-36-26-20-19-23-31-39-47-61(7)10-2/h59-65,70H,9-58H2,1-8H3,(H,75,76)(H,77,78)/t60?,61?,62?,63-,64-,65-/m1/s1. The number of carbonyl (C=O) groups excluding carboxylic acids is 4. The number of rotatable bonds is 66. The summed E-state index contributed by atoms with van der Waals surface area (Å²) < 4.78 is 68.2. The Labute approximate surface area is 537 Å². The first-order valence-electron chi connectivity index (χ1n) is 35.8. The Morgan fingerprint density at radius 2 is 0.545 bits per heavy atom. The quantitative estimate of drug-likeness (QED) is 0.0222. The van der Waals surface area contributed by atoms with E-state index >= 15 is 0 Å². The van der Waals surface area contributed by atoms with E-state index in [4.69, 9.17) is 37.0 Å². The normalized spacial score (nSPS) is 15.2. The van der Waals surface area contributed by atoms with Crippen LogP contribution in [0.4, 0.5) is 0 Å². The third kappa shape index (κ3) is 59.1. The van der Waals surface area contributed by atoms with Crippen LogP contribution in [0.25, 0.3) is 0 Å². The fraction of sp³-hybridized carbons (Fsp3) is 0.942. The van der Waals surface area contributed by atoms with E-state index in [1.54, 1.807) is 0 Å². The Hall–Kier alpha value is -1.94. The van der Waals surface area contributed by atoms with Crippen molar-refractivity contribution in [3.8, 4) is 0 Å². The molecular weight excluding hydrogens is 1160 g/mol. The van der Waals surface area contributed by atoms with Gasteiger partial charge in [0.1, 0.15) is 19.3 Å². The number of phosphoric ester groups is 2. The molecule has 0 spiro atoms. The fourth-order valence-electron chi connectivity index (χ4n) is 10.2. The van der Waals surface area contributed by atoms with Crippen LogP contribution in [0.15, 0.2) is 0 Å². The smallest absolute Gasteiger partial charge is 0.462 e. The van der Waals surface area contributed by atoms with Gasteiger partial charge in [0.2, 0.25) is 0 Å². The number of carbonyl (C=O) groups is 4. The van der Waals surface area contributed by atoms with E-state index in [1.807, 2.05) is 0 Å². The molecule has 522 valence electrons. The zero-order chi connectivity index (χ0) is 65.4. The van der Waals surface area contributed by atoms with Crippen LogP contribution in [0.5, 0.6) is 0 Å². The van der Waals surface area contributed by atoms with Crippen molar-refractivity contribution in [2.75, 3.05) is 39.6 Å². The van der Waals surface area contributed by atoms with E-state index in [2.05, 4.69) is 55.4 Å². The molecular formula is C69H134O17P2. The van der Waals surface area contributed by atoms with E-state index in [0.29, 0.717) is 25.7 Å². The molecule has 17 nitrogen and oxygen atoms in total. The SMILES string of the molecule is CCC(C)CCCCCCCCCCCCC(=O)O[C@H](COC(=O)CCCCCCCCCCCC(C)C)COP(=O)(O)OC[C@@H](O)COP(=O)(O)OC[C@@H](COC(=O)CCCCCCCCC(C)CC)OC(=O)CCCCCCCCCCC(C)CC. The molecule has 0 saturated heterocycles. The van der Waals surface area contributed by atoms with Crippen molar-refractivity contribution in [2.45, 2.75) is 356 Å². The number of ether oxygens (including phenoxy) is 4. The van der Waals surface area contributed by atoms with Crippen LogP contribution in [0.3, 0.4) is 0 Å². The van der Waals surface area contributed by atoms with Gasteiger partial charge in [-0.15, -0.1) is 0 Å². The zero-order valence-electron chi connectivity index (χ0n) is 57.3. The van der Waals surface area contributed by atoms with Gasteiger partial charge in [0.05, 0.1) is 26.4 Å². The van der Waals surface area contributed by atoms with Gasteiger partial charge >= 0.3 is 39.5 Å². The van der Waals surface area contributed by atoms with Gasteiger partial charge in [-0.25, -0.2) is 9.13 Å². The summed E-state index contributed by atoms with van der Waals surface area (Å²) in [5, 5.41) is 10.6. The van der Waals surface area contributed by atoms with Gasteiger partial charge in [-0.1, -0.05) is 287 Å². The molecule has 0 aromatic carbocycles. The van der Waals surface area contributed by atoms with Gasteiger partial charge in [0.15, 0.2) is 12.2 Å². The molecule has 0 aromatic rings. The molecule has 0 radical (unpaired) electrons. The monoisotopic (exact) mass is 1300 g/mol. The van der Waals surface area contributed by atoms with Gasteiger partial charge in [-0.05, 0) is 49.4 Å². The molecule has 0 saturated carbocycles. The highest BCUT2D eigenvalue weighted by atomic mass is 31.2. The molecule has 0 heterocycles. The molecule has 0 bridgehead atoms. The van der Waals surface area contributed by atoms with Gasteiger partial charge in [-0.2, -0.15) is 0 Å².